The first kappa shape index (κ1) is 16.1. The van der Waals surface area contributed by atoms with E-state index in [2.05, 4.69) is 5.32 Å². The molecule has 3 aromatic carbocycles. The van der Waals surface area contributed by atoms with Crippen molar-refractivity contribution in [3.63, 3.8) is 0 Å². The molecule has 0 aromatic heterocycles. The van der Waals surface area contributed by atoms with Gasteiger partial charge in [0.25, 0.3) is 0 Å². The van der Waals surface area contributed by atoms with Crippen LogP contribution >= 0.6 is 11.6 Å². The molecule has 122 valence electrons. The topological polar surface area (TPSA) is 69.6 Å². The molecule has 0 aliphatic rings. The zero-order valence-corrected chi connectivity index (χ0v) is 13.7. The monoisotopic (exact) mass is 341 g/mol. The van der Waals surface area contributed by atoms with Gasteiger partial charge in [-0.1, -0.05) is 35.9 Å². The highest BCUT2D eigenvalue weighted by atomic mass is 35.5. The number of fused-ring (bicyclic) bond motifs is 1. The van der Waals surface area contributed by atoms with Gasteiger partial charge in [0.15, 0.2) is 0 Å². The molecule has 0 aliphatic heterocycles. The van der Waals surface area contributed by atoms with E-state index in [0.29, 0.717) is 16.0 Å². The zero-order chi connectivity index (χ0) is 17.3. The lowest BCUT2D eigenvalue weighted by molar-refractivity contribution is -0.119. The Hall–Kier alpha value is -2.72. The number of benzene rings is 3. The maximum atomic E-state index is 11.7. The molecule has 3 rings (SSSR count). The standard InChI is InChI=1S/C19H16ClNO3/c1-11(22)21-19(13-2-6-14(20)7-3-13)18-16-10-15(23)8-4-12(16)5-9-17(18)24/h2-10,19,23-24H,1H3,(H,21,22)/t19-/m1/s1. The van der Waals surface area contributed by atoms with Crippen molar-refractivity contribution in [3.05, 3.63) is 70.7 Å². The van der Waals surface area contributed by atoms with Crippen LogP contribution in [0.5, 0.6) is 11.5 Å². The number of phenols is 2. The van der Waals surface area contributed by atoms with Crippen LogP contribution in [0.3, 0.4) is 0 Å². The molecule has 0 unspecified atom stereocenters. The Morgan fingerprint density at radius 1 is 1.04 bits per heavy atom. The summed E-state index contributed by atoms with van der Waals surface area (Å²) >= 11 is 5.95. The second kappa shape index (κ2) is 6.42. The summed E-state index contributed by atoms with van der Waals surface area (Å²) in [5.74, 6) is -0.0969. The van der Waals surface area contributed by atoms with Crippen molar-refractivity contribution in [1.82, 2.24) is 5.32 Å². The summed E-state index contributed by atoms with van der Waals surface area (Å²) in [5.41, 5.74) is 1.31. The minimum atomic E-state index is -0.565. The quantitative estimate of drug-likeness (QED) is 0.671. The Balaban J connectivity index is 2.25. The van der Waals surface area contributed by atoms with Gasteiger partial charge in [0, 0.05) is 17.5 Å². The summed E-state index contributed by atoms with van der Waals surface area (Å²) in [4.78, 5) is 11.7. The van der Waals surface area contributed by atoms with Gasteiger partial charge >= 0.3 is 0 Å². The van der Waals surface area contributed by atoms with Gasteiger partial charge in [-0.2, -0.15) is 0 Å². The van der Waals surface area contributed by atoms with Gasteiger partial charge in [0.05, 0.1) is 6.04 Å². The minimum absolute atomic E-state index is 0.0433. The first-order chi connectivity index (χ1) is 11.5. The number of nitrogens with one attached hydrogen (secondary N) is 1. The van der Waals surface area contributed by atoms with Gasteiger partial charge < -0.3 is 15.5 Å². The van der Waals surface area contributed by atoms with E-state index in [1.54, 1.807) is 54.6 Å². The Morgan fingerprint density at radius 2 is 1.71 bits per heavy atom. The molecule has 3 aromatic rings. The van der Waals surface area contributed by atoms with Crippen molar-refractivity contribution in [2.45, 2.75) is 13.0 Å². The van der Waals surface area contributed by atoms with E-state index in [1.807, 2.05) is 0 Å². The first-order valence-corrected chi connectivity index (χ1v) is 7.80. The van der Waals surface area contributed by atoms with Gasteiger partial charge in [0.1, 0.15) is 11.5 Å². The highest BCUT2D eigenvalue weighted by Crippen LogP contribution is 2.37. The van der Waals surface area contributed by atoms with E-state index in [9.17, 15) is 15.0 Å². The lowest BCUT2D eigenvalue weighted by atomic mass is 9.92. The second-order valence-corrected chi connectivity index (χ2v) is 6.03. The number of phenolic OH excluding ortho intramolecular Hbond substituents is 2. The number of hydrogen-bond acceptors (Lipinski definition) is 3. The van der Waals surface area contributed by atoms with Gasteiger partial charge in [-0.25, -0.2) is 0 Å². The third-order valence-electron chi connectivity index (χ3n) is 3.86. The average Bonchev–Trinajstić information content (AvgIpc) is 2.53. The summed E-state index contributed by atoms with van der Waals surface area (Å²) in [5, 5.41) is 25.2. The van der Waals surface area contributed by atoms with Crippen LogP contribution in [0.15, 0.2) is 54.6 Å². The molecular weight excluding hydrogens is 326 g/mol. The van der Waals surface area contributed by atoms with Crippen molar-refractivity contribution in [3.8, 4) is 11.5 Å². The van der Waals surface area contributed by atoms with Gasteiger partial charge in [-0.05, 0) is 46.7 Å². The molecular formula is C19H16ClNO3. The average molecular weight is 342 g/mol. The van der Waals surface area contributed by atoms with Crippen molar-refractivity contribution in [1.29, 1.82) is 0 Å². The maximum Gasteiger partial charge on any atom is 0.217 e. The molecule has 0 saturated carbocycles. The highest BCUT2D eigenvalue weighted by molar-refractivity contribution is 6.30. The van der Waals surface area contributed by atoms with Crippen LogP contribution in [0.25, 0.3) is 10.8 Å². The van der Waals surface area contributed by atoms with Crippen LogP contribution in [0.4, 0.5) is 0 Å². The molecule has 0 aliphatic carbocycles. The molecule has 0 spiro atoms. The molecule has 1 amide bonds. The fourth-order valence-electron chi connectivity index (χ4n) is 2.80. The van der Waals surface area contributed by atoms with Crippen molar-refractivity contribution in [2.75, 3.05) is 0 Å². The molecule has 0 heterocycles. The zero-order valence-electron chi connectivity index (χ0n) is 13.0. The smallest absolute Gasteiger partial charge is 0.217 e. The number of amides is 1. The maximum absolute atomic E-state index is 11.7. The first-order valence-electron chi connectivity index (χ1n) is 7.43. The van der Waals surface area contributed by atoms with E-state index in [4.69, 9.17) is 11.6 Å². The SMILES string of the molecule is CC(=O)N[C@H](c1ccc(Cl)cc1)c1c(O)ccc2ccc(O)cc12. The van der Waals surface area contributed by atoms with E-state index in [-0.39, 0.29) is 17.4 Å². The van der Waals surface area contributed by atoms with Crippen molar-refractivity contribution < 1.29 is 15.0 Å². The molecule has 5 heteroatoms. The molecule has 0 bridgehead atoms. The summed E-state index contributed by atoms with van der Waals surface area (Å²) in [6.07, 6.45) is 0. The van der Waals surface area contributed by atoms with Crippen LogP contribution in [-0.2, 0) is 4.79 Å². The van der Waals surface area contributed by atoms with Crippen LogP contribution in [0.2, 0.25) is 5.02 Å². The Kier molecular flexibility index (Phi) is 4.32. The van der Waals surface area contributed by atoms with Crippen LogP contribution in [0, 0.1) is 0 Å². The van der Waals surface area contributed by atoms with Gasteiger partial charge in [0.2, 0.25) is 5.91 Å². The number of rotatable bonds is 3. The van der Waals surface area contributed by atoms with Crippen LogP contribution in [-0.4, -0.2) is 16.1 Å². The Labute approximate surface area is 144 Å². The van der Waals surface area contributed by atoms with Crippen molar-refractivity contribution >= 4 is 28.3 Å². The fourth-order valence-corrected chi connectivity index (χ4v) is 2.93. The Morgan fingerprint density at radius 3 is 2.38 bits per heavy atom. The number of aromatic hydroxyl groups is 2. The van der Waals surface area contributed by atoms with Gasteiger partial charge in [-0.3, -0.25) is 4.79 Å². The molecule has 1 atom stereocenters. The molecule has 0 saturated heterocycles. The largest absolute Gasteiger partial charge is 0.508 e. The Bertz CT molecular complexity index is 901. The normalized spacial score (nSPS) is 12.1. The van der Waals surface area contributed by atoms with Gasteiger partial charge in [-0.15, -0.1) is 0 Å². The molecule has 0 radical (unpaired) electrons. The van der Waals surface area contributed by atoms with Crippen molar-refractivity contribution in [2.24, 2.45) is 0 Å². The summed E-state index contributed by atoms with van der Waals surface area (Å²) in [6.45, 7) is 1.42. The van der Waals surface area contributed by atoms with E-state index >= 15 is 0 Å². The summed E-state index contributed by atoms with van der Waals surface area (Å²) in [7, 11) is 0. The highest BCUT2D eigenvalue weighted by Gasteiger charge is 2.21. The van der Waals surface area contributed by atoms with E-state index in [1.165, 1.54) is 6.92 Å². The molecule has 0 fully saturated rings. The predicted molar refractivity (Wildman–Crippen MR) is 94.4 cm³/mol. The lowest BCUT2D eigenvalue weighted by Gasteiger charge is -2.22. The summed E-state index contributed by atoms with van der Waals surface area (Å²) < 4.78 is 0. The summed E-state index contributed by atoms with van der Waals surface area (Å²) in [6, 6.07) is 14.8. The molecule has 3 N–H and O–H groups in total. The van der Waals surface area contributed by atoms with E-state index in [0.717, 1.165) is 10.9 Å². The van der Waals surface area contributed by atoms with E-state index < -0.39 is 6.04 Å². The molecule has 4 nitrogen and oxygen atoms in total. The number of carbonyl (C=O) groups is 1. The molecule has 24 heavy (non-hydrogen) atoms. The fraction of sp³-hybridized carbons (Fsp3) is 0.105. The predicted octanol–water partition coefficient (Wildman–Crippen LogP) is 4.13. The third kappa shape index (κ3) is 3.14. The minimum Gasteiger partial charge on any atom is -0.508 e. The second-order valence-electron chi connectivity index (χ2n) is 5.59. The van der Waals surface area contributed by atoms with Crippen LogP contribution in [0.1, 0.15) is 24.1 Å². The number of carbonyl (C=O) groups excluding carboxylic acids is 1. The number of hydrogen-bond donors (Lipinski definition) is 3. The van der Waals surface area contributed by atoms with Crippen LogP contribution < -0.4 is 5.32 Å². The third-order valence-corrected chi connectivity index (χ3v) is 4.12. The number of halogens is 1. The lowest BCUT2D eigenvalue weighted by Crippen LogP contribution is -2.27.